The van der Waals surface area contributed by atoms with E-state index in [1.807, 2.05) is 42.5 Å². The third-order valence-corrected chi connectivity index (χ3v) is 3.64. The van der Waals surface area contributed by atoms with Gasteiger partial charge in [0.1, 0.15) is 18.6 Å². The zero-order chi connectivity index (χ0) is 17.5. The fourth-order valence-corrected chi connectivity index (χ4v) is 2.34. The lowest BCUT2D eigenvalue weighted by molar-refractivity contribution is 0.102. The van der Waals surface area contributed by atoms with Gasteiger partial charge in [0.05, 0.1) is 0 Å². The van der Waals surface area contributed by atoms with E-state index < -0.39 is 0 Å². The Kier molecular flexibility index (Phi) is 5.22. The van der Waals surface area contributed by atoms with Gasteiger partial charge in [-0.1, -0.05) is 30.3 Å². The number of hydrogen-bond donors (Lipinski definition) is 1. The number of nitrogens with one attached hydrogen (secondary N) is 1. The van der Waals surface area contributed by atoms with Crippen molar-refractivity contribution in [1.29, 1.82) is 0 Å². The van der Waals surface area contributed by atoms with Crippen LogP contribution in [0.3, 0.4) is 0 Å². The zero-order valence-corrected chi connectivity index (χ0v) is 13.5. The molecule has 0 heterocycles. The molecule has 3 aromatic carbocycles. The Morgan fingerprint density at radius 1 is 0.920 bits per heavy atom. The third-order valence-electron chi connectivity index (χ3n) is 3.64. The third kappa shape index (κ3) is 4.54. The van der Waals surface area contributed by atoms with Crippen LogP contribution in [0.4, 0.5) is 5.69 Å². The highest BCUT2D eigenvalue weighted by atomic mass is 16.5. The van der Waals surface area contributed by atoms with E-state index in [9.17, 15) is 9.59 Å². The molecule has 1 amide bonds. The number of carbonyl (C=O) groups excluding carboxylic acids is 2. The Labute approximate surface area is 146 Å². The van der Waals surface area contributed by atoms with Crippen LogP contribution in [0.15, 0.2) is 78.9 Å². The minimum absolute atomic E-state index is 0.164. The molecule has 0 aliphatic heterocycles. The molecule has 0 bridgehead atoms. The largest absolute Gasteiger partial charge is 0.489 e. The van der Waals surface area contributed by atoms with E-state index in [1.54, 1.807) is 36.4 Å². The van der Waals surface area contributed by atoms with Gasteiger partial charge in [0.2, 0.25) is 0 Å². The molecule has 0 saturated heterocycles. The van der Waals surface area contributed by atoms with Crippen molar-refractivity contribution in [2.24, 2.45) is 0 Å². The maximum absolute atomic E-state index is 12.3. The second kappa shape index (κ2) is 7.93. The highest BCUT2D eigenvalue weighted by Gasteiger charge is 2.07. The second-order valence-electron chi connectivity index (χ2n) is 5.50. The number of benzene rings is 3. The number of carbonyl (C=O) groups is 2. The molecule has 4 heteroatoms. The number of aldehydes is 1. The molecule has 0 aliphatic rings. The van der Waals surface area contributed by atoms with Crippen molar-refractivity contribution in [2.45, 2.75) is 6.61 Å². The molecule has 3 aromatic rings. The van der Waals surface area contributed by atoms with Crippen molar-refractivity contribution in [3.05, 3.63) is 95.6 Å². The maximum atomic E-state index is 12.3. The summed E-state index contributed by atoms with van der Waals surface area (Å²) in [7, 11) is 0. The van der Waals surface area contributed by atoms with Gasteiger partial charge in [-0.3, -0.25) is 9.59 Å². The van der Waals surface area contributed by atoms with E-state index in [0.717, 1.165) is 17.5 Å². The second-order valence-corrected chi connectivity index (χ2v) is 5.50. The van der Waals surface area contributed by atoms with Gasteiger partial charge in [0.15, 0.2) is 0 Å². The Morgan fingerprint density at radius 2 is 1.68 bits per heavy atom. The first kappa shape index (κ1) is 16.5. The number of para-hydroxylation sites is 1. The molecule has 25 heavy (non-hydrogen) atoms. The van der Waals surface area contributed by atoms with Gasteiger partial charge in [-0.05, 0) is 54.1 Å². The molecule has 3 rings (SSSR count). The fraction of sp³-hybridized carbons (Fsp3) is 0.0476. The van der Waals surface area contributed by atoms with Gasteiger partial charge < -0.3 is 10.1 Å². The molecular weight excluding hydrogens is 314 g/mol. The van der Waals surface area contributed by atoms with Crippen LogP contribution in [0, 0.1) is 0 Å². The summed E-state index contributed by atoms with van der Waals surface area (Å²) >= 11 is 0. The Balaban J connectivity index is 1.64. The number of hydrogen-bond acceptors (Lipinski definition) is 3. The zero-order valence-electron chi connectivity index (χ0n) is 13.5. The molecule has 0 aliphatic carbocycles. The van der Waals surface area contributed by atoms with Gasteiger partial charge in [-0.2, -0.15) is 0 Å². The number of amides is 1. The average Bonchev–Trinajstić information content (AvgIpc) is 2.68. The highest BCUT2D eigenvalue weighted by Crippen LogP contribution is 2.15. The van der Waals surface area contributed by atoms with E-state index >= 15 is 0 Å². The molecule has 0 aromatic heterocycles. The van der Waals surface area contributed by atoms with Crippen LogP contribution in [0.25, 0.3) is 0 Å². The summed E-state index contributed by atoms with van der Waals surface area (Å²) in [5.74, 6) is 0.508. The van der Waals surface area contributed by atoms with E-state index in [-0.39, 0.29) is 5.91 Å². The summed E-state index contributed by atoms with van der Waals surface area (Å²) in [6.07, 6.45) is 0.790. The van der Waals surface area contributed by atoms with Crippen molar-refractivity contribution >= 4 is 17.9 Å². The summed E-state index contributed by atoms with van der Waals surface area (Å²) in [6, 6.07) is 23.5. The summed E-state index contributed by atoms with van der Waals surface area (Å²) in [5, 5.41) is 2.86. The van der Waals surface area contributed by atoms with E-state index in [1.165, 1.54) is 0 Å². The summed E-state index contributed by atoms with van der Waals surface area (Å²) in [4.78, 5) is 23.0. The molecule has 0 spiro atoms. The fourth-order valence-electron chi connectivity index (χ4n) is 2.34. The Morgan fingerprint density at radius 3 is 2.40 bits per heavy atom. The highest BCUT2D eigenvalue weighted by molar-refractivity contribution is 6.04. The lowest BCUT2D eigenvalue weighted by atomic mass is 10.1. The standard InChI is InChI=1S/C21H17NO3/c23-14-16-9-11-20(12-10-16)25-15-17-5-4-6-18(13-17)21(24)22-19-7-2-1-3-8-19/h1-14H,15H2,(H,22,24). The molecule has 0 saturated carbocycles. The Hall–Kier alpha value is -3.40. The van der Waals surface area contributed by atoms with Crippen LogP contribution in [0.1, 0.15) is 26.3 Å². The topological polar surface area (TPSA) is 55.4 Å². The average molecular weight is 331 g/mol. The van der Waals surface area contributed by atoms with E-state index in [4.69, 9.17) is 4.74 Å². The van der Waals surface area contributed by atoms with Crippen LogP contribution in [0.5, 0.6) is 5.75 Å². The summed E-state index contributed by atoms with van der Waals surface area (Å²) in [6.45, 7) is 0.340. The number of rotatable bonds is 6. The Bertz CT molecular complexity index is 858. The van der Waals surface area contributed by atoms with Gasteiger partial charge in [-0.15, -0.1) is 0 Å². The molecule has 0 unspecified atom stereocenters. The smallest absolute Gasteiger partial charge is 0.255 e. The van der Waals surface area contributed by atoms with Crippen LogP contribution in [0.2, 0.25) is 0 Å². The van der Waals surface area contributed by atoms with Gasteiger partial charge >= 0.3 is 0 Å². The molecule has 0 radical (unpaired) electrons. The first-order valence-corrected chi connectivity index (χ1v) is 7.88. The first-order chi connectivity index (χ1) is 12.2. The van der Waals surface area contributed by atoms with Crippen molar-refractivity contribution < 1.29 is 14.3 Å². The molecule has 124 valence electrons. The monoisotopic (exact) mass is 331 g/mol. The quantitative estimate of drug-likeness (QED) is 0.684. The minimum atomic E-state index is -0.164. The number of ether oxygens (including phenoxy) is 1. The molecular formula is C21H17NO3. The molecule has 1 N–H and O–H groups in total. The molecule has 4 nitrogen and oxygen atoms in total. The van der Waals surface area contributed by atoms with Crippen molar-refractivity contribution in [2.75, 3.05) is 5.32 Å². The molecule has 0 fully saturated rings. The van der Waals surface area contributed by atoms with Gasteiger partial charge in [-0.25, -0.2) is 0 Å². The lowest BCUT2D eigenvalue weighted by Crippen LogP contribution is -2.12. The normalized spacial score (nSPS) is 10.1. The van der Waals surface area contributed by atoms with Gasteiger partial charge in [0, 0.05) is 16.8 Å². The van der Waals surface area contributed by atoms with Crippen LogP contribution in [-0.2, 0) is 6.61 Å². The SMILES string of the molecule is O=Cc1ccc(OCc2cccc(C(=O)Nc3ccccc3)c2)cc1. The van der Waals surface area contributed by atoms with Crippen molar-refractivity contribution in [1.82, 2.24) is 0 Å². The predicted molar refractivity (Wildman–Crippen MR) is 97.0 cm³/mol. The van der Waals surface area contributed by atoms with Crippen molar-refractivity contribution in [3.63, 3.8) is 0 Å². The lowest BCUT2D eigenvalue weighted by Gasteiger charge is -2.09. The minimum Gasteiger partial charge on any atom is -0.489 e. The maximum Gasteiger partial charge on any atom is 0.255 e. The first-order valence-electron chi connectivity index (χ1n) is 7.88. The van der Waals surface area contributed by atoms with E-state index in [2.05, 4.69) is 5.32 Å². The van der Waals surface area contributed by atoms with E-state index in [0.29, 0.717) is 23.5 Å². The predicted octanol–water partition coefficient (Wildman–Crippen LogP) is 4.33. The van der Waals surface area contributed by atoms with Crippen LogP contribution < -0.4 is 10.1 Å². The van der Waals surface area contributed by atoms with Crippen LogP contribution in [-0.4, -0.2) is 12.2 Å². The summed E-state index contributed by atoms with van der Waals surface area (Å²) < 4.78 is 5.70. The van der Waals surface area contributed by atoms with Crippen molar-refractivity contribution in [3.8, 4) is 5.75 Å². The summed E-state index contributed by atoms with van der Waals surface area (Å²) in [5.41, 5.74) is 2.82. The van der Waals surface area contributed by atoms with Gasteiger partial charge in [0.25, 0.3) is 5.91 Å². The van der Waals surface area contributed by atoms with Crippen LogP contribution >= 0.6 is 0 Å². The number of anilines is 1. The molecule has 0 atom stereocenters.